The molecule has 0 spiro atoms. The molecule has 0 heterocycles. The van der Waals surface area contributed by atoms with Crippen LogP contribution < -0.4 is 5.73 Å². The normalized spacial score (nSPS) is 13.9. The van der Waals surface area contributed by atoms with Gasteiger partial charge in [0.15, 0.2) is 0 Å². The van der Waals surface area contributed by atoms with Crippen LogP contribution in [0.3, 0.4) is 0 Å². The smallest absolute Gasteiger partial charge is 0.143 e. The van der Waals surface area contributed by atoms with E-state index in [0.717, 1.165) is 31.0 Å². The summed E-state index contributed by atoms with van der Waals surface area (Å²) >= 11 is 0. The van der Waals surface area contributed by atoms with Gasteiger partial charge in [-0.3, -0.25) is 0 Å². The van der Waals surface area contributed by atoms with Crippen LogP contribution in [0.5, 0.6) is 0 Å². The Balaban J connectivity index is 0.000000224. The van der Waals surface area contributed by atoms with Gasteiger partial charge >= 0.3 is 0 Å². The molecule has 2 aromatic rings. The zero-order valence-electron chi connectivity index (χ0n) is 11.8. The van der Waals surface area contributed by atoms with Crippen molar-refractivity contribution >= 4 is 12.4 Å². The number of rotatable bonds is 1. The average molecular weight is 345 g/mol. The fraction of sp³-hybridized carbons (Fsp3) is 0.188. The van der Waals surface area contributed by atoms with Gasteiger partial charge in [0.2, 0.25) is 0 Å². The van der Waals surface area contributed by atoms with Crippen LogP contribution in [-0.4, -0.2) is 0 Å². The van der Waals surface area contributed by atoms with E-state index in [1.54, 1.807) is 6.07 Å². The van der Waals surface area contributed by atoms with Crippen molar-refractivity contribution in [2.24, 2.45) is 5.73 Å². The fourth-order valence-electron chi connectivity index (χ4n) is 1.88. The summed E-state index contributed by atoms with van der Waals surface area (Å²) in [6, 6.07) is 7.95. The third-order valence-corrected chi connectivity index (χ3v) is 3.31. The minimum atomic E-state index is -0.817. The number of nitriles is 1. The van der Waals surface area contributed by atoms with E-state index in [1.165, 1.54) is 12.1 Å². The predicted molar refractivity (Wildman–Crippen MR) is 79.8 cm³/mol. The largest absolute Gasteiger partial charge is 0.321 e. The van der Waals surface area contributed by atoms with Gasteiger partial charge in [0.25, 0.3) is 0 Å². The summed E-state index contributed by atoms with van der Waals surface area (Å²) in [7, 11) is 0. The molecule has 122 valence electrons. The first-order valence-electron chi connectivity index (χ1n) is 6.45. The van der Waals surface area contributed by atoms with Crippen LogP contribution in [0, 0.1) is 34.6 Å². The number of benzene rings is 2. The van der Waals surface area contributed by atoms with Crippen LogP contribution in [0.1, 0.15) is 24.0 Å². The first-order chi connectivity index (χ1) is 10.4. The van der Waals surface area contributed by atoms with Gasteiger partial charge in [-0.1, -0.05) is 6.07 Å². The lowest BCUT2D eigenvalue weighted by Crippen LogP contribution is -2.20. The van der Waals surface area contributed by atoms with Gasteiger partial charge in [0.05, 0.1) is 5.56 Å². The molecular formula is C16H13ClF4N2. The highest BCUT2D eigenvalue weighted by Gasteiger charge is 2.41. The molecule has 23 heavy (non-hydrogen) atoms. The van der Waals surface area contributed by atoms with Crippen molar-refractivity contribution in [1.29, 1.82) is 5.26 Å². The summed E-state index contributed by atoms with van der Waals surface area (Å²) in [5.74, 6) is -2.57. The van der Waals surface area contributed by atoms with E-state index in [4.69, 9.17) is 11.0 Å². The molecule has 3 rings (SSSR count). The zero-order chi connectivity index (χ0) is 16.3. The van der Waals surface area contributed by atoms with Crippen LogP contribution in [-0.2, 0) is 5.54 Å². The monoisotopic (exact) mass is 344 g/mol. The van der Waals surface area contributed by atoms with E-state index in [1.807, 2.05) is 0 Å². The van der Waals surface area contributed by atoms with Gasteiger partial charge in [0.1, 0.15) is 29.3 Å². The second-order valence-corrected chi connectivity index (χ2v) is 5.02. The van der Waals surface area contributed by atoms with Crippen molar-refractivity contribution in [3.8, 4) is 6.07 Å². The molecule has 7 heteroatoms. The summed E-state index contributed by atoms with van der Waals surface area (Å²) in [4.78, 5) is 0. The molecule has 0 saturated heterocycles. The highest BCUT2D eigenvalue weighted by Crippen LogP contribution is 2.43. The maximum absolute atomic E-state index is 13.1. The van der Waals surface area contributed by atoms with Gasteiger partial charge in [-0.2, -0.15) is 5.26 Å². The molecule has 0 amide bonds. The van der Waals surface area contributed by atoms with Crippen LogP contribution in [0.4, 0.5) is 17.6 Å². The molecule has 1 saturated carbocycles. The Hall–Kier alpha value is -2.10. The Bertz CT molecular complexity index is 739. The standard InChI is InChI=1S/C9H9F2N.C7H3F2N.ClH/c10-6-1-2-7(8(11)5-6)9(12)3-4-9;8-6-2-1-5(4-10)7(9)3-6;/h1-2,5H,3-4,12H2;1-3H;1H. The van der Waals surface area contributed by atoms with E-state index >= 15 is 0 Å². The van der Waals surface area contributed by atoms with E-state index in [0.29, 0.717) is 11.6 Å². The number of hydrogen-bond acceptors (Lipinski definition) is 2. The van der Waals surface area contributed by atoms with Crippen LogP contribution in [0.15, 0.2) is 36.4 Å². The molecule has 0 bridgehead atoms. The fourth-order valence-corrected chi connectivity index (χ4v) is 1.88. The topological polar surface area (TPSA) is 49.8 Å². The van der Waals surface area contributed by atoms with Crippen molar-refractivity contribution in [2.75, 3.05) is 0 Å². The third kappa shape index (κ3) is 4.68. The van der Waals surface area contributed by atoms with Gasteiger partial charge < -0.3 is 5.73 Å². The summed E-state index contributed by atoms with van der Waals surface area (Å²) in [5, 5.41) is 8.20. The summed E-state index contributed by atoms with van der Waals surface area (Å²) < 4.78 is 50.1. The lowest BCUT2D eigenvalue weighted by molar-refractivity contribution is 0.552. The van der Waals surface area contributed by atoms with E-state index in [9.17, 15) is 17.6 Å². The Morgan fingerprint density at radius 3 is 1.87 bits per heavy atom. The quantitative estimate of drug-likeness (QED) is 0.789. The molecule has 2 aromatic carbocycles. The molecule has 0 aromatic heterocycles. The molecule has 2 N–H and O–H groups in total. The molecule has 0 unspecified atom stereocenters. The Kier molecular flexibility index (Phi) is 6.13. The second kappa shape index (κ2) is 7.44. The highest BCUT2D eigenvalue weighted by molar-refractivity contribution is 5.85. The maximum Gasteiger partial charge on any atom is 0.143 e. The third-order valence-electron chi connectivity index (χ3n) is 3.31. The zero-order valence-corrected chi connectivity index (χ0v) is 12.6. The first kappa shape index (κ1) is 18.9. The molecule has 1 aliphatic rings. The molecule has 0 aliphatic heterocycles. The van der Waals surface area contributed by atoms with E-state index < -0.39 is 28.8 Å². The number of halogens is 5. The SMILES string of the molecule is Cl.N#Cc1ccc(F)cc1F.NC1(c2ccc(F)cc2F)CC1. The molecular weight excluding hydrogens is 332 g/mol. The maximum atomic E-state index is 13.1. The van der Waals surface area contributed by atoms with Gasteiger partial charge in [-0.05, 0) is 31.0 Å². The Morgan fingerprint density at radius 2 is 1.43 bits per heavy atom. The summed E-state index contributed by atoms with van der Waals surface area (Å²) in [6.07, 6.45) is 1.57. The summed E-state index contributed by atoms with van der Waals surface area (Å²) in [6.45, 7) is 0. The Labute approximate surface area is 136 Å². The predicted octanol–water partition coefficient (Wildman–Crippen LogP) is 4.17. The van der Waals surface area contributed by atoms with Gasteiger partial charge in [-0.15, -0.1) is 12.4 Å². The van der Waals surface area contributed by atoms with E-state index in [-0.39, 0.29) is 18.0 Å². The van der Waals surface area contributed by atoms with Crippen LogP contribution >= 0.6 is 12.4 Å². The van der Waals surface area contributed by atoms with Crippen molar-refractivity contribution < 1.29 is 17.6 Å². The molecule has 0 radical (unpaired) electrons. The average Bonchev–Trinajstić information content (AvgIpc) is 3.18. The number of hydrogen-bond donors (Lipinski definition) is 1. The lowest BCUT2D eigenvalue weighted by Gasteiger charge is -2.09. The minimum absolute atomic E-state index is 0. The molecule has 1 fully saturated rings. The van der Waals surface area contributed by atoms with Crippen molar-refractivity contribution in [3.05, 3.63) is 70.8 Å². The number of nitrogens with two attached hydrogens (primary N) is 1. The lowest BCUT2D eigenvalue weighted by atomic mass is 10.1. The van der Waals surface area contributed by atoms with Crippen molar-refractivity contribution in [2.45, 2.75) is 18.4 Å². The minimum Gasteiger partial charge on any atom is -0.321 e. The molecule has 0 atom stereocenters. The van der Waals surface area contributed by atoms with Crippen LogP contribution in [0.25, 0.3) is 0 Å². The molecule has 2 nitrogen and oxygen atoms in total. The first-order valence-corrected chi connectivity index (χ1v) is 6.45. The number of nitrogens with zero attached hydrogens (tertiary/aromatic N) is 1. The van der Waals surface area contributed by atoms with Gasteiger partial charge in [-0.25, -0.2) is 17.6 Å². The second-order valence-electron chi connectivity index (χ2n) is 5.02. The van der Waals surface area contributed by atoms with Crippen molar-refractivity contribution in [1.82, 2.24) is 0 Å². The van der Waals surface area contributed by atoms with Crippen molar-refractivity contribution in [3.63, 3.8) is 0 Å². The molecule has 1 aliphatic carbocycles. The van der Waals surface area contributed by atoms with Gasteiger partial charge in [0, 0.05) is 23.2 Å². The summed E-state index contributed by atoms with van der Waals surface area (Å²) in [5.41, 5.74) is 5.54. The van der Waals surface area contributed by atoms with Crippen LogP contribution in [0.2, 0.25) is 0 Å². The highest BCUT2D eigenvalue weighted by atomic mass is 35.5. The Morgan fingerprint density at radius 1 is 0.913 bits per heavy atom. The van der Waals surface area contributed by atoms with E-state index in [2.05, 4.69) is 0 Å².